The van der Waals surface area contributed by atoms with E-state index in [0.717, 1.165) is 17.2 Å². The van der Waals surface area contributed by atoms with Crippen LogP contribution in [0.4, 0.5) is 5.13 Å². The summed E-state index contributed by atoms with van der Waals surface area (Å²) in [5.74, 6) is 0. The lowest BCUT2D eigenvalue weighted by molar-refractivity contribution is 0.0739. The molecule has 0 saturated heterocycles. The Bertz CT molecular complexity index is 584. The summed E-state index contributed by atoms with van der Waals surface area (Å²) < 4.78 is 1.27. The van der Waals surface area contributed by atoms with Crippen LogP contribution in [0.15, 0.2) is 18.2 Å². The molecule has 0 spiro atoms. The van der Waals surface area contributed by atoms with Gasteiger partial charge in [-0.05, 0) is 51.9 Å². The van der Waals surface area contributed by atoms with Crippen LogP contribution in [0.25, 0.3) is 10.2 Å². The average molecular weight is 275 g/mol. The van der Waals surface area contributed by atoms with E-state index >= 15 is 0 Å². The van der Waals surface area contributed by atoms with Gasteiger partial charge in [0.05, 0.1) is 10.2 Å². The van der Waals surface area contributed by atoms with Crippen LogP contribution in [-0.2, 0) is 0 Å². The van der Waals surface area contributed by atoms with Crippen LogP contribution in [0.2, 0.25) is 0 Å². The molecule has 0 radical (unpaired) electrons. The van der Waals surface area contributed by atoms with E-state index in [4.69, 9.17) is 4.98 Å². The van der Waals surface area contributed by atoms with Gasteiger partial charge in [-0.15, -0.1) is 0 Å². The molecule has 1 saturated carbocycles. The summed E-state index contributed by atoms with van der Waals surface area (Å²) in [7, 11) is 4.37. The molecule has 1 aliphatic rings. The van der Waals surface area contributed by atoms with E-state index in [9.17, 15) is 0 Å². The van der Waals surface area contributed by atoms with Gasteiger partial charge in [-0.1, -0.05) is 23.5 Å². The fraction of sp³-hybridized carbons (Fsp3) is 0.533. The number of fused-ring (bicyclic) bond motifs is 1. The number of anilines is 1. The van der Waals surface area contributed by atoms with Crippen molar-refractivity contribution in [3.8, 4) is 0 Å². The molecule has 0 amide bonds. The number of hydrogen-bond donors (Lipinski definition) is 1. The van der Waals surface area contributed by atoms with Gasteiger partial charge in [0.1, 0.15) is 0 Å². The van der Waals surface area contributed by atoms with Crippen LogP contribution in [0.5, 0.6) is 0 Å². The average Bonchev–Trinajstić information content (AvgIpc) is 2.71. The minimum atomic E-state index is 0.340. The van der Waals surface area contributed by atoms with Crippen LogP contribution < -0.4 is 5.32 Å². The second-order valence-corrected chi connectivity index (χ2v) is 6.80. The molecule has 102 valence electrons. The van der Waals surface area contributed by atoms with Crippen molar-refractivity contribution in [2.24, 2.45) is 0 Å². The van der Waals surface area contributed by atoms with Crippen molar-refractivity contribution >= 4 is 26.7 Å². The highest BCUT2D eigenvalue weighted by atomic mass is 32.1. The molecule has 0 bridgehead atoms. The van der Waals surface area contributed by atoms with Gasteiger partial charge < -0.3 is 10.2 Å². The van der Waals surface area contributed by atoms with E-state index in [1.165, 1.54) is 29.5 Å². The molecule has 3 nitrogen and oxygen atoms in total. The van der Waals surface area contributed by atoms with Crippen molar-refractivity contribution in [1.29, 1.82) is 0 Å². The first-order valence-electron chi connectivity index (χ1n) is 6.88. The molecule has 1 N–H and O–H groups in total. The summed E-state index contributed by atoms with van der Waals surface area (Å²) >= 11 is 1.76. The molecule has 0 unspecified atom stereocenters. The number of aromatic nitrogens is 1. The largest absolute Gasteiger partial charge is 0.360 e. The minimum absolute atomic E-state index is 0.340. The maximum atomic E-state index is 4.72. The lowest BCUT2D eigenvalue weighted by Crippen LogP contribution is -2.54. The van der Waals surface area contributed by atoms with Crippen molar-refractivity contribution in [2.75, 3.05) is 26.0 Å². The first-order valence-corrected chi connectivity index (χ1v) is 7.70. The number of likely N-dealkylation sites (N-methyl/N-ethyl adjacent to an activating group) is 1. The van der Waals surface area contributed by atoms with Crippen LogP contribution in [0.1, 0.15) is 24.8 Å². The summed E-state index contributed by atoms with van der Waals surface area (Å²) in [6, 6.07) is 6.38. The van der Waals surface area contributed by atoms with Gasteiger partial charge in [0.25, 0.3) is 0 Å². The Labute approximate surface area is 118 Å². The topological polar surface area (TPSA) is 28.2 Å². The van der Waals surface area contributed by atoms with Gasteiger partial charge in [-0.25, -0.2) is 4.98 Å². The van der Waals surface area contributed by atoms with Crippen molar-refractivity contribution in [1.82, 2.24) is 9.88 Å². The summed E-state index contributed by atoms with van der Waals surface area (Å²) in [6.07, 6.45) is 3.92. The summed E-state index contributed by atoms with van der Waals surface area (Å²) in [6.45, 7) is 3.12. The van der Waals surface area contributed by atoms with E-state index in [0.29, 0.717) is 5.54 Å². The highest BCUT2D eigenvalue weighted by Crippen LogP contribution is 2.37. The van der Waals surface area contributed by atoms with E-state index in [2.05, 4.69) is 49.4 Å². The second-order valence-electron chi connectivity index (χ2n) is 5.77. The Kier molecular flexibility index (Phi) is 3.23. The van der Waals surface area contributed by atoms with Crippen LogP contribution >= 0.6 is 11.3 Å². The quantitative estimate of drug-likeness (QED) is 0.925. The normalized spacial score (nSPS) is 17.7. The van der Waals surface area contributed by atoms with Crippen molar-refractivity contribution in [3.05, 3.63) is 23.8 Å². The zero-order chi connectivity index (χ0) is 13.5. The van der Waals surface area contributed by atoms with E-state index in [1.54, 1.807) is 11.3 Å². The highest BCUT2D eigenvalue weighted by molar-refractivity contribution is 7.22. The van der Waals surface area contributed by atoms with Gasteiger partial charge in [-0.3, -0.25) is 0 Å². The molecule has 3 rings (SSSR count). The lowest BCUT2D eigenvalue weighted by Gasteiger charge is -2.47. The van der Waals surface area contributed by atoms with E-state index in [1.807, 2.05) is 0 Å². The Morgan fingerprint density at radius 3 is 2.74 bits per heavy atom. The van der Waals surface area contributed by atoms with Crippen molar-refractivity contribution in [2.45, 2.75) is 31.7 Å². The molecule has 1 aromatic heterocycles. The van der Waals surface area contributed by atoms with Crippen molar-refractivity contribution < 1.29 is 0 Å². The van der Waals surface area contributed by atoms with Gasteiger partial charge in [0, 0.05) is 12.1 Å². The summed E-state index contributed by atoms with van der Waals surface area (Å²) in [4.78, 5) is 7.09. The zero-order valence-electron chi connectivity index (χ0n) is 11.9. The fourth-order valence-electron chi connectivity index (χ4n) is 2.77. The number of benzene rings is 1. The number of nitrogens with zero attached hydrogens (tertiary/aromatic N) is 2. The molecular formula is C15H21N3S. The zero-order valence-corrected chi connectivity index (χ0v) is 12.7. The molecule has 0 atom stereocenters. The molecule has 1 fully saturated rings. The smallest absolute Gasteiger partial charge is 0.183 e. The summed E-state index contributed by atoms with van der Waals surface area (Å²) in [5.41, 5.74) is 2.74. The number of hydrogen-bond acceptors (Lipinski definition) is 4. The Hall–Kier alpha value is -1.13. The predicted molar refractivity (Wildman–Crippen MR) is 83.1 cm³/mol. The molecule has 4 heteroatoms. The fourth-order valence-corrected chi connectivity index (χ4v) is 3.71. The molecular weight excluding hydrogens is 254 g/mol. The SMILES string of the molecule is Cc1cccc2sc(NCC3(N(C)C)CCC3)nc12. The maximum absolute atomic E-state index is 4.72. The Balaban J connectivity index is 1.77. The maximum Gasteiger partial charge on any atom is 0.183 e. The Morgan fingerprint density at radius 2 is 2.16 bits per heavy atom. The van der Waals surface area contributed by atoms with Gasteiger partial charge in [-0.2, -0.15) is 0 Å². The third kappa shape index (κ3) is 2.23. The molecule has 19 heavy (non-hydrogen) atoms. The monoisotopic (exact) mass is 275 g/mol. The third-order valence-electron chi connectivity index (χ3n) is 4.42. The molecule has 1 aromatic carbocycles. The number of para-hydroxylation sites is 1. The second kappa shape index (κ2) is 4.76. The number of rotatable bonds is 4. The number of thiazole rings is 1. The van der Waals surface area contributed by atoms with Crippen molar-refractivity contribution in [3.63, 3.8) is 0 Å². The molecule has 1 heterocycles. The first kappa shape index (κ1) is 12.9. The molecule has 2 aromatic rings. The molecule has 1 aliphatic carbocycles. The highest BCUT2D eigenvalue weighted by Gasteiger charge is 2.38. The number of aryl methyl sites for hydroxylation is 1. The Morgan fingerprint density at radius 1 is 1.37 bits per heavy atom. The van der Waals surface area contributed by atoms with Crippen LogP contribution in [0.3, 0.4) is 0 Å². The predicted octanol–water partition coefficient (Wildman–Crippen LogP) is 3.50. The van der Waals surface area contributed by atoms with E-state index < -0.39 is 0 Å². The van der Waals surface area contributed by atoms with Crippen LogP contribution in [-0.4, -0.2) is 36.1 Å². The molecule has 0 aliphatic heterocycles. The minimum Gasteiger partial charge on any atom is -0.360 e. The first-order chi connectivity index (χ1) is 9.11. The third-order valence-corrected chi connectivity index (χ3v) is 5.40. The van der Waals surface area contributed by atoms with Gasteiger partial charge in [0.2, 0.25) is 0 Å². The lowest BCUT2D eigenvalue weighted by atomic mass is 9.75. The van der Waals surface area contributed by atoms with Gasteiger partial charge >= 0.3 is 0 Å². The van der Waals surface area contributed by atoms with Crippen LogP contribution in [0, 0.1) is 6.92 Å². The summed E-state index contributed by atoms with van der Waals surface area (Å²) in [5, 5.41) is 4.60. The number of nitrogens with one attached hydrogen (secondary N) is 1. The standard InChI is InChI=1S/C15H21N3S/c1-11-6-4-7-12-13(11)17-14(19-12)16-10-15(18(2)3)8-5-9-15/h4,6-7H,5,8-10H2,1-3H3,(H,16,17). The van der Waals surface area contributed by atoms with E-state index in [-0.39, 0.29) is 0 Å². The van der Waals surface area contributed by atoms with Gasteiger partial charge in [0.15, 0.2) is 5.13 Å².